The van der Waals surface area contributed by atoms with Crippen LogP contribution < -0.4 is 5.32 Å². The van der Waals surface area contributed by atoms with Gasteiger partial charge in [-0.2, -0.15) is 0 Å². The predicted molar refractivity (Wildman–Crippen MR) is 337 cm³/mol. The quantitative estimate of drug-likeness (QED) is 0.0204. The highest BCUT2D eigenvalue weighted by Gasteiger charge is 2.51. The highest BCUT2D eigenvalue weighted by atomic mass is 16.7. The molecule has 14 heteroatoms. The van der Waals surface area contributed by atoms with E-state index in [9.17, 15) is 45.6 Å². The van der Waals surface area contributed by atoms with E-state index < -0.39 is 86.8 Å². The Morgan fingerprint density at radius 2 is 0.747 bits per heavy atom. The molecule has 0 aromatic rings. The van der Waals surface area contributed by atoms with E-state index in [0.29, 0.717) is 6.42 Å². The third kappa shape index (κ3) is 39.4. The van der Waals surface area contributed by atoms with Gasteiger partial charge < -0.3 is 65.1 Å². The van der Waals surface area contributed by atoms with E-state index in [2.05, 4.69) is 19.2 Å². The average Bonchev–Trinajstić information content (AvgIpc) is 3.65. The fraction of sp³-hybridized carbons (Fsp3) is 0.957. The minimum Gasteiger partial charge on any atom is -0.394 e. The van der Waals surface area contributed by atoms with Gasteiger partial charge in [0.15, 0.2) is 12.6 Å². The molecule has 2 rings (SSSR count). The van der Waals surface area contributed by atoms with E-state index >= 15 is 0 Å². The van der Waals surface area contributed by atoms with Crippen molar-refractivity contribution in [3.8, 4) is 0 Å². The van der Waals surface area contributed by atoms with Crippen molar-refractivity contribution in [2.45, 2.75) is 402 Å². The number of hydrogen-bond donors (Lipinski definition) is 9. The van der Waals surface area contributed by atoms with Crippen LogP contribution in [0.25, 0.3) is 0 Å². The van der Waals surface area contributed by atoms with Crippen LogP contribution in [0.3, 0.4) is 0 Å². The number of hydrogen-bond acceptors (Lipinski definition) is 13. The molecule has 12 unspecified atom stereocenters. The number of amides is 1. The van der Waals surface area contributed by atoms with Gasteiger partial charge in [-0.25, -0.2) is 0 Å². The fourth-order valence-electron chi connectivity index (χ4n) is 12.1. The molecule has 2 aliphatic rings. The first kappa shape index (κ1) is 77.8. The van der Waals surface area contributed by atoms with Crippen molar-refractivity contribution in [2.75, 3.05) is 19.8 Å². The van der Waals surface area contributed by atoms with Gasteiger partial charge in [-0.05, 0) is 19.3 Å². The van der Waals surface area contributed by atoms with Gasteiger partial charge in [0.2, 0.25) is 5.91 Å². The van der Waals surface area contributed by atoms with Gasteiger partial charge in [-0.3, -0.25) is 4.79 Å². The molecule has 2 fully saturated rings. The number of aliphatic hydroxyl groups is 8. The normalized spacial score (nSPS) is 23.8. The third-order valence-electron chi connectivity index (χ3n) is 17.7. The number of carbonyl (C=O) groups is 1. The second kappa shape index (κ2) is 54.8. The minimum atomic E-state index is -1.79. The van der Waals surface area contributed by atoms with Crippen molar-refractivity contribution < 1.29 is 64.6 Å². The van der Waals surface area contributed by atoms with Crippen LogP contribution in [-0.2, 0) is 23.7 Å². The Labute approximate surface area is 507 Å². The summed E-state index contributed by atoms with van der Waals surface area (Å²) >= 11 is 0. The summed E-state index contributed by atoms with van der Waals surface area (Å²) in [6.45, 7) is 2.84. The van der Waals surface area contributed by atoms with Gasteiger partial charge in [-0.1, -0.05) is 315 Å². The Balaban J connectivity index is 1.60. The summed E-state index contributed by atoms with van der Waals surface area (Å²) in [5, 5.41) is 87.3. The standard InChI is InChI=1S/C69H133NO13/c1-3-5-7-9-11-13-15-17-19-20-21-22-23-24-25-26-27-28-29-30-31-32-33-34-35-36-37-39-41-43-45-47-49-51-53-61(74)70-57(58(73)52-50-48-46-44-42-40-38-18-16-14-12-10-8-6-4-2)56-80-68-66(79)64(77)67(60(55-72)82-68)83-69-65(78)63(76)62(75)59(54-71)81-69/h50,52,57-60,62-69,71-73,75-79H,3-49,51,53-56H2,1-2H3,(H,70,74)/b52-50+. The smallest absolute Gasteiger partial charge is 0.220 e. The van der Waals surface area contributed by atoms with Crippen molar-refractivity contribution in [1.29, 1.82) is 0 Å². The summed E-state index contributed by atoms with van der Waals surface area (Å²) < 4.78 is 22.8. The summed E-state index contributed by atoms with van der Waals surface area (Å²) in [5.74, 6) is -0.232. The molecule has 2 aliphatic heterocycles. The van der Waals surface area contributed by atoms with Gasteiger partial charge in [0, 0.05) is 6.42 Å². The summed E-state index contributed by atoms with van der Waals surface area (Å²) in [6, 6.07) is -0.910. The number of aliphatic hydroxyl groups excluding tert-OH is 8. The first-order valence-electron chi connectivity index (χ1n) is 35.4. The van der Waals surface area contributed by atoms with Crippen LogP contribution in [0.15, 0.2) is 12.2 Å². The first-order valence-corrected chi connectivity index (χ1v) is 35.4. The van der Waals surface area contributed by atoms with Crippen LogP contribution in [0.4, 0.5) is 0 Å². The maximum absolute atomic E-state index is 13.3. The highest BCUT2D eigenvalue weighted by Crippen LogP contribution is 2.30. The third-order valence-corrected chi connectivity index (χ3v) is 17.7. The molecule has 0 spiro atoms. The maximum Gasteiger partial charge on any atom is 0.220 e. The minimum absolute atomic E-state index is 0.232. The van der Waals surface area contributed by atoms with Crippen molar-refractivity contribution in [1.82, 2.24) is 5.32 Å². The van der Waals surface area contributed by atoms with Gasteiger partial charge in [0.05, 0.1) is 32.0 Å². The van der Waals surface area contributed by atoms with E-state index in [0.717, 1.165) is 38.5 Å². The molecule has 9 N–H and O–H groups in total. The maximum atomic E-state index is 13.3. The molecule has 83 heavy (non-hydrogen) atoms. The van der Waals surface area contributed by atoms with E-state index in [1.54, 1.807) is 6.08 Å². The Kier molecular flexibility index (Phi) is 51.4. The largest absolute Gasteiger partial charge is 0.394 e. The molecule has 2 saturated heterocycles. The van der Waals surface area contributed by atoms with Gasteiger partial charge in [0.1, 0.15) is 48.8 Å². The lowest BCUT2D eigenvalue weighted by Crippen LogP contribution is -2.65. The fourth-order valence-corrected chi connectivity index (χ4v) is 12.1. The number of nitrogens with one attached hydrogen (secondary N) is 1. The lowest BCUT2D eigenvalue weighted by molar-refractivity contribution is -0.359. The molecule has 1 amide bonds. The Morgan fingerprint density at radius 3 is 1.11 bits per heavy atom. The monoisotopic (exact) mass is 1180 g/mol. The van der Waals surface area contributed by atoms with Crippen LogP contribution in [0.2, 0.25) is 0 Å². The molecule has 12 atom stereocenters. The van der Waals surface area contributed by atoms with Gasteiger partial charge in [-0.15, -0.1) is 0 Å². The average molecular weight is 1180 g/mol. The van der Waals surface area contributed by atoms with E-state index in [-0.39, 0.29) is 18.9 Å². The van der Waals surface area contributed by atoms with Crippen LogP contribution in [-0.4, -0.2) is 140 Å². The summed E-state index contributed by atoms with van der Waals surface area (Å²) in [6.07, 6.45) is 50.1. The number of unbranched alkanes of at least 4 members (excludes halogenated alkanes) is 46. The molecule has 0 saturated carbocycles. The van der Waals surface area contributed by atoms with Crippen LogP contribution >= 0.6 is 0 Å². The SMILES string of the molecule is CCCCCCCCCCCCCCC/C=C/C(O)C(COC1OC(CO)C(OC2OC(CO)C(O)C(O)C2O)C(O)C1O)NC(=O)CCCCCCCCCCCCCCCCCCCCCCCCCCCCCCCCCCCC. The molecule has 14 nitrogen and oxygen atoms in total. The number of carbonyl (C=O) groups excluding carboxylic acids is 1. The summed E-state index contributed by atoms with van der Waals surface area (Å²) in [4.78, 5) is 13.3. The molecular formula is C69H133NO13. The Morgan fingerprint density at radius 1 is 0.422 bits per heavy atom. The molecule has 2 heterocycles. The summed E-state index contributed by atoms with van der Waals surface area (Å²) in [5.41, 5.74) is 0. The zero-order valence-electron chi connectivity index (χ0n) is 53.5. The molecule has 0 aromatic heterocycles. The molecular weight excluding hydrogens is 1050 g/mol. The zero-order valence-corrected chi connectivity index (χ0v) is 53.5. The lowest BCUT2D eigenvalue weighted by atomic mass is 9.97. The summed E-state index contributed by atoms with van der Waals surface area (Å²) in [7, 11) is 0. The zero-order chi connectivity index (χ0) is 60.2. The molecule has 0 aliphatic carbocycles. The Bertz CT molecular complexity index is 1440. The molecule has 0 bridgehead atoms. The predicted octanol–water partition coefficient (Wildman–Crippen LogP) is 14.2. The van der Waals surface area contributed by atoms with Crippen LogP contribution in [0.5, 0.6) is 0 Å². The number of ether oxygens (including phenoxy) is 4. The second-order valence-corrected chi connectivity index (χ2v) is 25.4. The van der Waals surface area contributed by atoms with Gasteiger partial charge in [0.25, 0.3) is 0 Å². The molecule has 0 radical (unpaired) electrons. The van der Waals surface area contributed by atoms with Crippen molar-refractivity contribution in [2.24, 2.45) is 0 Å². The molecule has 492 valence electrons. The molecule has 0 aromatic carbocycles. The van der Waals surface area contributed by atoms with E-state index in [4.69, 9.17) is 18.9 Å². The van der Waals surface area contributed by atoms with Crippen LogP contribution in [0.1, 0.15) is 328 Å². The Hall–Kier alpha value is -1.27. The van der Waals surface area contributed by atoms with Gasteiger partial charge >= 0.3 is 0 Å². The second-order valence-electron chi connectivity index (χ2n) is 25.4. The van der Waals surface area contributed by atoms with Crippen molar-refractivity contribution >= 4 is 5.91 Å². The highest BCUT2D eigenvalue weighted by molar-refractivity contribution is 5.76. The van der Waals surface area contributed by atoms with Crippen molar-refractivity contribution in [3.05, 3.63) is 12.2 Å². The first-order chi connectivity index (χ1) is 40.6. The number of rotatable bonds is 59. The van der Waals surface area contributed by atoms with Crippen LogP contribution in [0, 0.1) is 0 Å². The van der Waals surface area contributed by atoms with Crippen molar-refractivity contribution in [3.63, 3.8) is 0 Å². The topological polar surface area (TPSA) is 228 Å². The number of allylic oxidation sites excluding steroid dienone is 1. The van der Waals surface area contributed by atoms with E-state index in [1.807, 2.05) is 6.08 Å². The lowest BCUT2D eigenvalue weighted by Gasteiger charge is -2.46. The van der Waals surface area contributed by atoms with E-state index in [1.165, 1.54) is 263 Å².